The molecule has 0 atom stereocenters. The highest BCUT2D eigenvalue weighted by Crippen LogP contribution is 2.17. The van der Waals surface area contributed by atoms with E-state index in [0.717, 1.165) is 25.9 Å². The number of pyridine rings is 1. The lowest BCUT2D eigenvalue weighted by atomic mass is 9.90. The van der Waals surface area contributed by atoms with Crippen LogP contribution in [0, 0.1) is 0 Å². The molecule has 1 fully saturated rings. The highest BCUT2D eigenvalue weighted by Gasteiger charge is 2.28. The first-order chi connectivity index (χ1) is 8.09. The third kappa shape index (κ3) is 5.15. The molecule has 7 heteroatoms. The fourth-order valence-corrected chi connectivity index (χ4v) is 2.06. The lowest BCUT2D eigenvalue weighted by molar-refractivity contribution is 0.0882. The third-order valence-corrected chi connectivity index (χ3v) is 3.31. The van der Waals surface area contributed by atoms with E-state index in [-0.39, 0.29) is 36.3 Å². The first-order valence-corrected chi connectivity index (χ1v) is 6.12. The van der Waals surface area contributed by atoms with Crippen LogP contribution >= 0.6 is 36.4 Å². The van der Waals surface area contributed by atoms with Gasteiger partial charge in [0.15, 0.2) is 0 Å². The second-order valence-corrected chi connectivity index (χ2v) is 5.06. The van der Waals surface area contributed by atoms with Crippen molar-refractivity contribution in [3.05, 3.63) is 29.0 Å². The van der Waals surface area contributed by atoms with Crippen LogP contribution < -0.4 is 10.6 Å². The maximum absolute atomic E-state index is 12.0. The second kappa shape index (κ2) is 7.90. The van der Waals surface area contributed by atoms with E-state index in [1.807, 2.05) is 0 Å². The molecule has 0 bridgehead atoms. The van der Waals surface area contributed by atoms with Gasteiger partial charge in [0.05, 0.1) is 5.02 Å². The minimum absolute atomic E-state index is 0. The van der Waals surface area contributed by atoms with E-state index in [1.165, 1.54) is 6.20 Å². The Morgan fingerprint density at radius 1 is 1.37 bits per heavy atom. The van der Waals surface area contributed by atoms with E-state index in [2.05, 4.69) is 22.5 Å². The first-order valence-electron chi connectivity index (χ1n) is 5.74. The van der Waals surface area contributed by atoms with Crippen molar-refractivity contribution in [1.82, 2.24) is 15.6 Å². The van der Waals surface area contributed by atoms with E-state index in [9.17, 15) is 4.79 Å². The molecule has 0 saturated carbocycles. The average molecular weight is 327 g/mol. The van der Waals surface area contributed by atoms with Crippen molar-refractivity contribution in [3.63, 3.8) is 0 Å². The second-order valence-electron chi connectivity index (χ2n) is 4.63. The predicted octanol–water partition coefficient (Wildman–Crippen LogP) is 2.45. The molecule has 0 aromatic carbocycles. The van der Waals surface area contributed by atoms with Crippen LogP contribution in [0.2, 0.25) is 5.02 Å². The molecule has 2 heterocycles. The van der Waals surface area contributed by atoms with Gasteiger partial charge in [-0.25, -0.2) is 4.98 Å². The van der Waals surface area contributed by atoms with E-state index in [1.54, 1.807) is 12.1 Å². The average Bonchev–Trinajstić information content (AvgIpc) is 2.30. The summed E-state index contributed by atoms with van der Waals surface area (Å²) in [6.45, 7) is 3.94. The van der Waals surface area contributed by atoms with Gasteiger partial charge in [0.1, 0.15) is 5.69 Å². The number of rotatable bonds is 2. The smallest absolute Gasteiger partial charge is 0.270 e. The Balaban J connectivity index is 0.00000162. The van der Waals surface area contributed by atoms with Crippen LogP contribution in [-0.2, 0) is 0 Å². The lowest BCUT2D eigenvalue weighted by Crippen LogP contribution is -2.52. The molecule has 0 unspecified atom stereocenters. The number of amides is 1. The molecule has 1 saturated heterocycles. The predicted molar refractivity (Wildman–Crippen MR) is 81.7 cm³/mol. The molecule has 1 amide bonds. The van der Waals surface area contributed by atoms with Crippen LogP contribution in [0.5, 0.6) is 0 Å². The number of hydrogen-bond acceptors (Lipinski definition) is 3. The van der Waals surface area contributed by atoms with Crippen molar-refractivity contribution >= 4 is 42.3 Å². The van der Waals surface area contributed by atoms with Crippen LogP contribution in [0.4, 0.5) is 0 Å². The van der Waals surface area contributed by atoms with E-state index in [0.29, 0.717) is 10.7 Å². The number of nitrogens with zero attached hydrogens (tertiary/aromatic N) is 1. The number of hydrogen-bond donors (Lipinski definition) is 2. The molecular weight excluding hydrogens is 309 g/mol. The Morgan fingerprint density at radius 2 is 2.00 bits per heavy atom. The fourth-order valence-electron chi connectivity index (χ4n) is 1.95. The number of aromatic nitrogens is 1. The van der Waals surface area contributed by atoms with Gasteiger partial charge in [0.25, 0.3) is 5.91 Å². The molecule has 4 nitrogen and oxygen atoms in total. The number of carbonyl (C=O) groups is 1. The van der Waals surface area contributed by atoms with Crippen molar-refractivity contribution in [1.29, 1.82) is 0 Å². The topological polar surface area (TPSA) is 54.0 Å². The van der Waals surface area contributed by atoms with Gasteiger partial charge in [-0.15, -0.1) is 24.8 Å². The summed E-state index contributed by atoms with van der Waals surface area (Å²) in [4.78, 5) is 16.0. The molecule has 0 radical (unpaired) electrons. The van der Waals surface area contributed by atoms with Crippen LogP contribution in [-0.4, -0.2) is 29.5 Å². The van der Waals surface area contributed by atoms with Crippen molar-refractivity contribution in [2.75, 3.05) is 13.1 Å². The van der Waals surface area contributed by atoms with Crippen LogP contribution in [0.25, 0.3) is 0 Å². The SMILES string of the molecule is CC1(NC(=O)c2ccc(Cl)cn2)CCNCC1.Cl.Cl. The quantitative estimate of drug-likeness (QED) is 0.878. The van der Waals surface area contributed by atoms with Gasteiger partial charge in [-0.05, 0) is 45.0 Å². The molecule has 1 aliphatic rings. The Bertz CT molecular complexity index is 405. The van der Waals surface area contributed by atoms with Crippen molar-refractivity contribution in [2.24, 2.45) is 0 Å². The van der Waals surface area contributed by atoms with Gasteiger partial charge < -0.3 is 10.6 Å². The van der Waals surface area contributed by atoms with Gasteiger partial charge in [-0.3, -0.25) is 4.79 Å². The summed E-state index contributed by atoms with van der Waals surface area (Å²) in [5, 5.41) is 6.86. The third-order valence-electron chi connectivity index (χ3n) is 3.08. The Morgan fingerprint density at radius 3 is 2.53 bits per heavy atom. The maximum atomic E-state index is 12.0. The molecular formula is C12H18Cl3N3O. The van der Waals surface area contributed by atoms with Gasteiger partial charge in [-0.2, -0.15) is 0 Å². The van der Waals surface area contributed by atoms with Crippen molar-refractivity contribution in [3.8, 4) is 0 Å². The number of halogens is 3. The molecule has 1 aromatic heterocycles. The highest BCUT2D eigenvalue weighted by molar-refractivity contribution is 6.30. The molecule has 0 spiro atoms. The summed E-state index contributed by atoms with van der Waals surface area (Å²) >= 11 is 5.73. The summed E-state index contributed by atoms with van der Waals surface area (Å²) in [5.41, 5.74) is 0.276. The minimum Gasteiger partial charge on any atom is -0.345 e. The Hall–Kier alpha value is -0.550. The zero-order valence-electron chi connectivity index (χ0n) is 10.6. The molecule has 108 valence electrons. The van der Waals surface area contributed by atoms with Gasteiger partial charge in [0, 0.05) is 11.7 Å². The lowest BCUT2D eigenvalue weighted by Gasteiger charge is -2.34. The van der Waals surface area contributed by atoms with E-state index < -0.39 is 0 Å². The van der Waals surface area contributed by atoms with Crippen molar-refractivity contribution < 1.29 is 4.79 Å². The molecule has 2 N–H and O–H groups in total. The van der Waals surface area contributed by atoms with Crippen LogP contribution in [0.1, 0.15) is 30.3 Å². The van der Waals surface area contributed by atoms with Crippen molar-refractivity contribution in [2.45, 2.75) is 25.3 Å². The first kappa shape index (κ1) is 18.4. The Labute approximate surface area is 130 Å². The van der Waals surface area contributed by atoms with E-state index >= 15 is 0 Å². The highest BCUT2D eigenvalue weighted by atomic mass is 35.5. The summed E-state index contributed by atoms with van der Waals surface area (Å²) in [5.74, 6) is -0.133. The zero-order valence-corrected chi connectivity index (χ0v) is 13.0. The van der Waals surface area contributed by atoms with Gasteiger partial charge in [-0.1, -0.05) is 11.6 Å². The summed E-state index contributed by atoms with van der Waals surface area (Å²) < 4.78 is 0. The molecule has 19 heavy (non-hydrogen) atoms. The molecule has 1 aromatic rings. The van der Waals surface area contributed by atoms with Gasteiger partial charge >= 0.3 is 0 Å². The molecule has 1 aliphatic heterocycles. The standard InChI is InChI=1S/C12H16ClN3O.2ClH/c1-12(4-6-14-7-5-12)16-11(17)10-3-2-9(13)8-15-10;;/h2-3,8,14H,4-7H2,1H3,(H,16,17);2*1H. The fraction of sp³-hybridized carbons (Fsp3) is 0.500. The number of carbonyl (C=O) groups excluding carboxylic acids is 1. The summed E-state index contributed by atoms with van der Waals surface area (Å²) in [7, 11) is 0. The maximum Gasteiger partial charge on any atom is 0.270 e. The van der Waals surface area contributed by atoms with Crippen LogP contribution in [0.15, 0.2) is 18.3 Å². The van der Waals surface area contributed by atoms with E-state index in [4.69, 9.17) is 11.6 Å². The largest absolute Gasteiger partial charge is 0.345 e. The molecule has 0 aliphatic carbocycles. The number of piperidine rings is 1. The van der Waals surface area contributed by atoms with Crippen LogP contribution in [0.3, 0.4) is 0 Å². The minimum atomic E-state index is -0.135. The number of nitrogens with one attached hydrogen (secondary N) is 2. The summed E-state index contributed by atoms with van der Waals surface area (Å²) in [6.07, 6.45) is 3.36. The normalized spacial score (nSPS) is 16.7. The summed E-state index contributed by atoms with van der Waals surface area (Å²) in [6, 6.07) is 3.32. The Kier molecular flexibility index (Phi) is 7.67. The zero-order chi connectivity index (χ0) is 12.3. The van der Waals surface area contributed by atoms with Gasteiger partial charge in [0.2, 0.25) is 0 Å². The molecule has 2 rings (SSSR count). The monoisotopic (exact) mass is 325 g/mol.